The minimum absolute atomic E-state index is 0.0218. The van der Waals surface area contributed by atoms with Gasteiger partial charge in [0.1, 0.15) is 5.69 Å². The molecule has 0 atom stereocenters. The van der Waals surface area contributed by atoms with Crippen LogP contribution >= 0.6 is 0 Å². The maximum absolute atomic E-state index is 13.3. The molecule has 0 amide bonds. The topological polar surface area (TPSA) is 93.2 Å². The lowest BCUT2D eigenvalue weighted by Crippen LogP contribution is -2.14. The number of esters is 1. The van der Waals surface area contributed by atoms with Crippen LogP contribution in [0.3, 0.4) is 0 Å². The molecule has 0 unspecified atom stereocenters. The number of pyridine rings is 1. The van der Waals surface area contributed by atoms with Gasteiger partial charge in [0.25, 0.3) is 0 Å². The van der Waals surface area contributed by atoms with E-state index in [2.05, 4.69) is 4.98 Å². The third-order valence-corrected chi connectivity index (χ3v) is 4.98. The van der Waals surface area contributed by atoms with Crippen molar-refractivity contribution in [2.75, 3.05) is 21.0 Å². The molecule has 146 valence electrons. The highest BCUT2D eigenvalue weighted by Crippen LogP contribution is 2.56. The normalized spacial score (nSPS) is 13.3. The van der Waals surface area contributed by atoms with Crippen molar-refractivity contribution in [1.29, 1.82) is 0 Å². The molecule has 0 bridgehead atoms. The Bertz CT molecular complexity index is 1230. The highest BCUT2D eigenvalue weighted by atomic mass is 16.7. The zero-order valence-corrected chi connectivity index (χ0v) is 15.8. The number of hydrogen-bond donors (Lipinski definition) is 0. The SMILES string of the molecule is COc1cc2c(cc1OC(C)=O)-c1c3c(c(OC)c4ccnc(c14)C2=O)OCO3. The van der Waals surface area contributed by atoms with E-state index in [1.807, 2.05) is 0 Å². The molecule has 1 aliphatic carbocycles. The number of aromatic nitrogens is 1. The van der Waals surface area contributed by atoms with E-state index in [9.17, 15) is 9.59 Å². The molecule has 0 fully saturated rings. The largest absolute Gasteiger partial charge is 0.493 e. The Labute approximate surface area is 164 Å². The molecule has 2 aliphatic rings. The number of methoxy groups -OCH3 is 2. The van der Waals surface area contributed by atoms with Gasteiger partial charge in [-0.1, -0.05) is 0 Å². The van der Waals surface area contributed by atoms with Crippen LogP contribution in [0.5, 0.6) is 28.7 Å². The molecule has 0 spiro atoms. The van der Waals surface area contributed by atoms with Gasteiger partial charge in [-0.3, -0.25) is 14.6 Å². The first-order valence-corrected chi connectivity index (χ1v) is 8.79. The second kappa shape index (κ2) is 6.10. The van der Waals surface area contributed by atoms with Crippen molar-refractivity contribution in [3.8, 4) is 39.9 Å². The Balaban J connectivity index is 1.93. The van der Waals surface area contributed by atoms with Crippen LogP contribution in [0.1, 0.15) is 23.0 Å². The van der Waals surface area contributed by atoms with Crippen LogP contribution in [0, 0.1) is 0 Å². The summed E-state index contributed by atoms with van der Waals surface area (Å²) < 4.78 is 27.6. The number of fused-ring (bicyclic) bond motifs is 4. The number of ether oxygens (including phenoxy) is 5. The van der Waals surface area contributed by atoms with Gasteiger partial charge in [0.15, 0.2) is 23.0 Å². The van der Waals surface area contributed by atoms with Crippen molar-refractivity contribution in [3.63, 3.8) is 0 Å². The molecular formula is C21H15NO7. The Hall–Kier alpha value is -3.81. The van der Waals surface area contributed by atoms with Gasteiger partial charge in [0.05, 0.1) is 14.2 Å². The Morgan fingerprint density at radius 2 is 1.83 bits per heavy atom. The molecule has 29 heavy (non-hydrogen) atoms. The Morgan fingerprint density at radius 1 is 1.07 bits per heavy atom. The van der Waals surface area contributed by atoms with Gasteiger partial charge in [-0.25, -0.2) is 0 Å². The zero-order chi connectivity index (χ0) is 20.3. The molecule has 8 heteroatoms. The third-order valence-electron chi connectivity index (χ3n) is 4.98. The molecule has 2 aromatic carbocycles. The number of benzene rings is 2. The lowest BCUT2D eigenvalue weighted by molar-refractivity contribution is -0.132. The number of hydrogen-bond acceptors (Lipinski definition) is 8. The lowest BCUT2D eigenvalue weighted by atomic mass is 9.84. The fraction of sp³-hybridized carbons (Fsp3) is 0.190. The molecule has 0 N–H and O–H groups in total. The second-order valence-electron chi connectivity index (χ2n) is 6.53. The van der Waals surface area contributed by atoms with Crippen LogP contribution in [0.25, 0.3) is 21.9 Å². The maximum atomic E-state index is 13.3. The summed E-state index contributed by atoms with van der Waals surface area (Å²) in [5, 5.41) is 1.28. The first kappa shape index (κ1) is 17.3. The van der Waals surface area contributed by atoms with E-state index in [0.29, 0.717) is 44.7 Å². The number of ketones is 1. The number of rotatable bonds is 3. The van der Waals surface area contributed by atoms with E-state index in [0.717, 1.165) is 0 Å². The molecule has 1 aromatic heterocycles. The van der Waals surface area contributed by atoms with Crippen LogP contribution in [0.4, 0.5) is 0 Å². The summed E-state index contributed by atoms with van der Waals surface area (Å²) >= 11 is 0. The quantitative estimate of drug-likeness (QED) is 0.387. The van der Waals surface area contributed by atoms with Crippen LogP contribution in [0.2, 0.25) is 0 Å². The maximum Gasteiger partial charge on any atom is 0.308 e. The molecule has 8 nitrogen and oxygen atoms in total. The van der Waals surface area contributed by atoms with Crippen LogP contribution < -0.4 is 23.7 Å². The minimum atomic E-state index is -0.503. The summed E-state index contributed by atoms with van der Waals surface area (Å²) in [7, 11) is 2.97. The van der Waals surface area contributed by atoms with Crippen molar-refractivity contribution in [2.45, 2.75) is 6.92 Å². The van der Waals surface area contributed by atoms with E-state index in [1.54, 1.807) is 24.4 Å². The molecule has 1 aliphatic heterocycles. The van der Waals surface area contributed by atoms with Crippen LogP contribution in [-0.2, 0) is 4.79 Å². The number of carbonyl (C=O) groups is 2. The fourth-order valence-electron chi connectivity index (χ4n) is 3.88. The molecule has 3 aromatic rings. The van der Waals surface area contributed by atoms with Crippen molar-refractivity contribution in [2.24, 2.45) is 0 Å². The predicted molar refractivity (Wildman–Crippen MR) is 101 cm³/mol. The van der Waals surface area contributed by atoms with Crippen molar-refractivity contribution < 1.29 is 33.3 Å². The average molecular weight is 393 g/mol. The van der Waals surface area contributed by atoms with Gasteiger partial charge >= 0.3 is 5.97 Å². The Kier molecular flexibility index (Phi) is 3.64. The van der Waals surface area contributed by atoms with Gasteiger partial charge in [0.2, 0.25) is 18.3 Å². The monoisotopic (exact) mass is 393 g/mol. The summed E-state index contributed by atoms with van der Waals surface area (Å²) in [6, 6.07) is 4.91. The van der Waals surface area contributed by atoms with Crippen LogP contribution in [-0.4, -0.2) is 37.7 Å². The van der Waals surface area contributed by atoms with E-state index in [1.165, 1.54) is 21.1 Å². The second-order valence-corrected chi connectivity index (χ2v) is 6.53. The summed E-state index contributed by atoms with van der Waals surface area (Å²) in [5.41, 5.74) is 1.83. The molecule has 0 saturated carbocycles. The highest BCUT2D eigenvalue weighted by molar-refractivity contribution is 6.27. The number of nitrogens with zero attached hydrogens (tertiary/aromatic N) is 1. The van der Waals surface area contributed by atoms with E-state index in [-0.39, 0.29) is 29.8 Å². The van der Waals surface area contributed by atoms with Gasteiger partial charge in [-0.2, -0.15) is 0 Å². The molecular weight excluding hydrogens is 378 g/mol. The Morgan fingerprint density at radius 3 is 2.55 bits per heavy atom. The molecule has 0 saturated heterocycles. The summed E-state index contributed by atoms with van der Waals surface area (Å²) in [6.45, 7) is 1.32. The van der Waals surface area contributed by atoms with Gasteiger partial charge in [0, 0.05) is 40.6 Å². The highest BCUT2D eigenvalue weighted by Gasteiger charge is 2.36. The van der Waals surface area contributed by atoms with E-state index in [4.69, 9.17) is 23.7 Å². The lowest BCUT2D eigenvalue weighted by Gasteiger charge is -2.23. The van der Waals surface area contributed by atoms with Gasteiger partial charge < -0.3 is 23.7 Å². The summed E-state index contributed by atoms with van der Waals surface area (Å²) in [4.78, 5) is 29.1. The van der Waals surface area contributed by atoms with Crippen molar-refractivity contribution in [3.05, 3.63) is 35.7 Å². The molecule has 0 radical (unpaired) electrons. The summed E-state index contributed by atoms with van der Waals surface area (Å²) in [5.74, 6) is 1.09. The minimum Gasteiger partial charge on any atom is -0.493 e. The first-order chi connectivity index (χ1) is 14.0. The number of carbonyl (C=O) groups excluding carboxylic acids is 2. The van der Waals surface area contributed by atoms with Crippen molar-refractivity contribution >= 4 is 22.5 Å². The van der Waals surface area contributed by atoms with Crippen molar-refractivity contribution in [1.82, 2.24) is 4.98 Å². The first-order valence-electron chi connectivity index (χ1n) is 8.79. The van der Waals surface area contributed by atoms with Gasteiger partial charge in [-0.15, -0.1) is 0 Å². The summed E-state index contributed by atoms with van der Waals surface area (Å²) in [6.07, 6.45) is 1.56. The van der Waals surface area contributed by atoms with Crippen LogP contribution in [0.15, 0.2) is 24.4 Å². The predicted octanol–water partition coefficient (Wildman–Crippen LogP) is 3.12. The van der Waals surface area contributed by atoms with E-state index >= 15 is 0 Å². The molecule has 5 rings (SSSR count). The third kappa shape index (κ3) is 2.29. The molecule has 2 heterocycles. The zero-order valence-electron chi connectivity index (χ0n) is 15.8. The van der Waals surface area contributed by atoms with E-state index < -0.39 is 5.97 Å². The standard InChI is InChI=1S/C21H15NO7/c1-9(23)29-14-6-11-12(7-13(14)25-2)18(24)17-15-10(4-5-22-17)19(26-3)21-20(16(11)15)27-8-28-21/h4-7H,8H2,1-3H3. The van der Waals surface area contributed by atoms with Gasteiger partial charge in [-0.05, 0) is 18.2 Å². The smallest absolute Gasteiger partial charge is 0.308 e. The fourth-order valence-corrected chi connectivity index (χ4v) is 3.88. The average Bonchev–Trinajstić information content (AvgIpc) is 3.19.